The predicted molar refractivity (Wildman–Crippen MR) is 45.9 cm³/mol. The molecule has 0 unspecified atom stereocenters. The third-order valence-corrected chi connectivity index (χ3v) is 1.25. The van der Waals surface area contributed by atoms with Crippen molar-refractivity contribution < 1.29 is 19.1 Å². The summed E-state index contributed by atoms with van der Waals surface area (Å²) >= 11 is 4.48. The molecule has 0 aromatic carbocycles. The summed E-state index contributed by atoms with van der Waals surface area (Å²) in [6.07, 6.45) is 0. The van der Waals surface area contributed by atoms with Gasteiger partial charge in [0, 0.05) is 0 Å². The van der Waals surface area contributed by atoms with Gasteiger partial charge in [-0.2, -0.15) is 0 Å². The van der Waals surface area contributed by atoms with Gasteiger partial charge in [-0.25, -0.2) is 9.59 Å². The number of rotatable bonds is 4. The molecule has 0 saturated heterocycles. The molecule has 0 N–H and O–H groups in total. The largest absolute Gasteiger partial charge is 0.462 e. The maximum Gasteiger partial charge on any atom is 0.356 e. The highest BCUT2D eigenvalue weighted by Crippen LogP contribution is 1.89. The molecule has 68 valence electrons. The Morgan fingerprint density at radius 2 is 1.42 bits per heavy atom. The van der Waals surface area contributed by atoms with Crippen LogP contribution in [-0.2, 0) is 19.1 Å². The first kappa shape index (κ1) is 11.0. The standard InChI is InChI=1S/C7H10O4S/c1-3-10-6(8)5(12)7(9)11-4-2/h3-4H2,1-2H3. The van der Waals surface area contributed by atoms with Crippen molar-refractivity contribution in [3.8, 4) is 0 Å². The van der Waals surface area contributed by atoms with Crippen LogP contribution in [0.3, 0.4) is 0 Å². The molecule has 4 nitrogen and oxygen atoms in total. The zero-order valence-corrected chi connectivity index (χ0v) is 7.77. The molecule has 0 aromatic heterocycles. The van der Waals surface area contributed by atoms with Crippen LogP contribution in [0.1, 0.15) is 13.8 Å². The highest BCUT2D eigenvalue weighted by molar-refractivity contribution is 7.83. The lowest BCUT2D eigenvalue weighted by Crippen LogP contribution is -2.26. The van der Waals surface area contributed by atoms with Crippen LogP contribution in [0.15, 0.2) is 0 Å². The summed E-state index contributed by atoms with van der Waals surface area (Å²) in [7, 11) is 0. The Morgan fingerprint density at radius 3 is 1.67 bits per heavy atom. The van der Waals surface area contributed by atoms with Gasteiger partial charge in [-0.1, -0.05) is 12.2 Å². The van der Waals surface area contributed by atoms with E-state index in [1.807, 2.05) is 0 Å². The van der Waals surface area contributed by atoms with Crippen molar-refractivity contribution in [2.45, 2.75) is 13.8 Å². The summed E-state index contributed by atoms with van der Waals surface area (Å²) in [4.78, 5) is 21.2. The second-order valence-electron chi connectivity index (χ2n) is 1.77. The SMILES string of the molecule is CCOC(=O)C(=S)C(=O)OCC. The maximum atomic E-state index is 10.8. The molecule has 0 rings (SSSR count). The van der Waals surface area contributed by atoms with Gasteiger partial charge in [-0.15, -0.1) is 0 Å². The molecule has 0 aliphatic heterocycles. The fourth-order valence-corrected chi connectivity index (χ4v) is 0.594. The quantitative estimate of drug-likeness (QED) is 0.366. The molecular weight excluding hydrogens is 180 g/mol. The van der Waals surface area contributed by atoms with E-state index < -0.39 is 16.8 Å². The van der Waals surface area contributed by atoms with Crippen LogP contribution in [0, 0.1) is 0 Å². The molecule has 0 amide bonds. The molecule has 0 aromatic rings. The minimum atomic E-state index is -0.800. The lowest BCUT2D eigenvalue weighted by molar-refractivity contribution is -0.140. The van der Waals surface area contributed by atoms with E-state index in [1.165, 1.54) is 0 Å². The number of ether oxygens (including phenoxy) is 2. The van der Waals surface area contributed by atoms with Gasteiger partial charge in [0.1, 0.15) is 0 Å². The first-order chi connectivity index (χ1) is 5.63. The van der Waals surface area contributed by atoms with E-state index in [-0.39, 0.29) is 13.2 Å². The molecule has 0 heterocycles. The third kappa shape index (κ3) is 3.43. The van der Waals surface area contributed by atoms with Gasteiger partial charge in [0.05, 0.1) is 13.2 Å². The number of thiocarbonyl (C=S) groups is 1. The maximum absolute atomic E-state index is 10.8. The monoisotopic (exact) mass is 190 g/mol. The van der Waals surface area contributed by atoms with Crippen molar-refractivity contribution in [3.63, 3.8) is 0 Å². The molecule has 0 bridgehead atoms. The summed E-state index contributed by atoms with van der Waals surface area (Å²) < 4.78 is 8.98. The molecule has 12 heavy (non-hydrogen) atoms. The Labute approximate surface area is 75.8 Å². The van der Waals surface area contributed by atoms with Gasteiger partial charge >= 0.3 is 11.9 Å². The van der Waals surface area contributed by atoms with Crippen molar-refractivity contribution in [1.82, 2.24) is 0 Å². The lowest BCUT2D eigenvalue weighted by Gasteiger charge is -2.02. The molecule has 0 fully saturated rings. The summed E-state index contributed by atoms with van der Waals surface area (Å²) in [6.45, 7) is 3.65. The molecule has 0 aliphatic rings. The van der Waals surface area contributed by atoms with E-state index in [1.54, 1.807) is 13.8 Å². The molecular formula is C7H10O4S. The van der Waals surface area contributed by atoms with Crippen molar-refractivity contribution in [1.29, 1.82) is 0 Å². The predicted octanol–water partition coefficient (Wildman–Crippen LogP) is 0.483. The Morgan fingerprint density at radius 1 is 1.08 bits per heavy atom. The van der Waals surface area contributed by atoms with Gasteiger partial charge in [-0.05, 0) is 13.8 Å². The zero-order valence-electron chi connectivity index (χ0n) is 6.96. The molecule has 0 aliphatic carbocycles. The van der Waals surface area contributed by atoms with Crippen LogP contribution in [0.5, 0.6) is 0 Å². The summed E-state index contributed by atoms with van der Waals surface area (Å²) in [5.41, 5.74) is 0. The smallest absolute Gasteiger partial charge is 0.356 e. The van der Waals surface area contributed by atoms with E-state index in [2.05, 4.69) is 21.7 Å². The highest BCUT2D eigenvalue weighted by atomic mass is 32.1. The molecule has 0 saturated carbocycles. The van der Waals surface area contributed by atoms with Crippen molar-refractivity contribution in [2.75, 3.05) is 13.2 Å². The summed E-state index contributed by atoms with van der Waals surface area (Å²) in [5.74, 6) is -1.60. The second-order valence-corrected chi connectivity index (χ2v) is 2.18. The Kier molecular flexibility index (Phi) is 5.19. The molecule has 0 spiro atoms. The molecule has 5 heteroatoms. The third-order valence-electron chi connectivity index (χ3n) is 0.922. The first-order valence-electron chi connectivity index (χ1n) is 3.51. The molecule has 0 radical (unpaired) electrons. The number of hydrogen-bond donors (Lipinski definition) is 0. The minimum Gasteiger partial charge on any atom is -0.462 e. The lowest BCUT2D eigenvalue weighted by atomic mass is 10.4. The van der Waals surface area contributed by atoms with Crippen LogP contribution in [0.25, 0.3) is 0 Å². The van der Waals surface area contributed by atoms with Crippen LogP contribution < -0.4 is 0 Å². The highest BCUT2D eigenvalue weighted by Gasteiger charge is 2.19. The second kappa shape index (κ2) is 5.65. The molecule has 0 atom stereocenters. The minimum absolute atomic E-state index is 0.193. The van der Waals surface area contributed by atoms with E-state index in [0.29, 0.717) is 0 Å². The van der Waals surface area contributed by atoms with E-state index in [9.17, 15) is 9.59 Å². The first-order valence-corrected chi connectivity index (χ1v) is 3.92. The zero-order chi connectivity index (χ0) is 9.56. The fourth-order valence-electron chi connectivity index (χ4n) is 0.477. The van der Waals surface area contributed by atoms with Crippen LogP contribution in [-0.4, -0.2) is 30.0 Å². The van der Waals surface area contributed by atoms with E-state index in [0.717, 1.165) is 0 Å². The Balaban J connectivity index is 4.01. The summed E-state index contributed by atoms with van der Waals surface area (Å²) in [5, 5.41) is 0. The topological polar surface area (TPSA) is 52.6 Å². The number of carbonyl (C=O) groups is 2. The van der Waals surface area contributed by atoms with Gasteiger partial charge in [0.25, 0.3) is 0 Å². The summed E-state index contributed by atoms with van der Waals surface area (Å²) in [6, 6.07) is 0. The van der Waals surface area contributed by atoms with Gasteiger partial charge in [0.15, 0.2) is 0 Å². The number of esters is 2. The number of carbonyl (C=O) groups excluding carboxylic acids is 2. The Bertz CT molecular complexity index is 180. The van der Waals surface area contributed by atoms with Crippen molar-refractivity contribution in [2.24, 2.45) is 0 Å². The number of hydrogen-bond acceptors (Lipinski definition) is 5. The van der Waals surface area contributed by atoms with Gasteiger partial charge in [-0.3, -0.25) is 0 Å². The van der Waals surface area contributed by atoms with Crippen LogP contribution in [0.2, 0.25) is 0 Å². The van der Waals surface area contributed by atoms with Crippen molar-refractivity contribution in [3.05, 3.63) is 0 Å². The van der Waals surface area contributed by atoms with E-state index in [4.69, 9.17) is 0 Å². The Hall–Kier alpha value is -0.970. The van der Waals surface area contributed by atoms with Gasteiger partial charge < -0.3 is 9.47 Å². The van der Waals surface area contributed by atoms with Crippen LogP contribution in [0.4, 0.5) is 0 Å². The van der Waals surface area contributed by atoms with E-state index >= 15 is 0 Å². The van der Waals surface area contributed by atoms with Crippen molar-refractivity contribution >= 4 is 29.0 Å². The normalized spacial score (nSPS) is 8.83. The fraction of sp³-hybridized carbons (Fsp3) is 0.571. The average molecular weight is 190 g/mol. The average Bonchev–Trinajstić information content (AvgIpc) is 2.04. The van der Waals surface area contributed by atoms with Gasteiger partial charge in [0.2, 0.25) is 4.86 Å². The van der Waals surface area contributed by atoms with Crippen LogP contribution >= 0.6 is 12.2 Å².